The van der Waals surface area contributed by atoms with Gasteiger partial charge < -0.3 is 14.9 Å². The fourth-order valence-corrected chi connectivity index (χ4v) is 0.922. The SMILES string of the molecule is CC(=O)Oc1ccc(C(=O)O)c(O)c1. The van der Waals surface area contributed by atoms with Crippen LogP contribution in [0.4, 0.5) is 0 Å². The largest absolute Gasteiger partial charge is 0.507 e. The molecule has 2 N–H and O–H groups in total. The first-order valence-corrected chi connectivity index (χ1v) is 3.75. The van der Waals surface area contributed by atoms with Crippen molar-refractivity contribution in [3.05, 3.63) is 23.8 Å². The van der Waals surface area contributed by atoms with E-state index < -0.39 is 17.7 Å². The number of phenols is 1. The minimum atomic E-state index is -1.24. The molecule has 14 heavy (non-hydrogen) atoms. The topological polar surface area (TPSA) is 83.8 Å². The van der Waals surface area contributed by atoms with Crippen LogP contribution in [0.25, 0.3) is 0 Å². The van der Waals surface area contributed by atoms with Gasteiger partial charge in [-0.25, -0.2) is 4.79 Å². The monoisotopic (exact) mass is 196 g/mol. The van der Waals surface area contributed by atoms with Gasteiger partial charge in [-0.15, -0.1) is 0 Å². The highest BCUT2D eigenvalue weighted by Gasteiger charge is 2.10. The van der Waals surface area contributed by atoms with Crippen LogP contribution >= 0.6 is 0 Å². The summed E-state index contributed by atoms with van der Waals surface area (Å²) in [7, 11) is 0. The van der Waals surface area contributed by atoms with E-state index in [1.54, 1.807) is 0 Å². The molecule has 0 spiro atoms. The molecule has 1 rings (SSSR count). The number of hydrogen-bond donors (Lipinski definition) is 2. The lowest BCUT2D eigenvalue weighted by Gasteiger charge is -2.03. The summed E-state index contributed by atoms with van der Waals surface area (Å²) >= 11 is 0. The van der Waals surface area contributed by atoms with Gasteiger partial charge in [0.2, 0.25) is 0 Å². The third-order valence-corrected chi connectivity index (χ3v) is 1.46. The van der Waals surface area contributed by atoms with Crippen molar-refractivity contribution >= 4 is 11.9 Å². The average Bonchev–Trinajstić information content (AvgIpc) is 2.01. The van der Waals surface area contributed by atoms with Crippen LogP contribution in [-0.2, 0) is 4.79 Å². The van der Waals surface area contributed by atoms with Crippen molar-refractivity contribution in [2.45, 2.75) is 6.92 Å². The first kappa shape index (κ1) is 10.0. The maximum Gasteiger partial charge on any atom is 0.339 e. The standard InChI is InChI=1S/C9H8O5/c1-5(10)14-6-2-3-7(9(12)13)8(11)4-6/h2-4,11H,1H3,(H,12,13). The number of carbonyl (C=O) groups is 2. The summed E-state index contributed by atoms with van der Waals surface area (Å²) in [5.74, 6) is -2.10. The van der Waals surface area contributed by atoms with Gasteiger partial charge in [-0.2, -0.15) is 0 Å². The number of hydrogen-bond acceptors (Lipinski definition) is 4. The van der Waals surface area contributed by atoms with Crippen LogP contribution in [-0.4, -0.2) is 22.2 Å². The van der Waals surface area contributed by atoms with E-state index >= 15 is 0 Å². The number of aromatic hydroxyl groups is 1. The lowest BCUT2D eigenvalue weighted by atomic mass is 10.2. The van der Waals surface area contributed by atoms with Crippen molar-refractivity contribution in [1.82, 2.24) is 0 Å². The summed E-state index contributed by atoms with van der Waals surface area (Å²) in [5.41, 5.74) is -0.235. The maximum atomic E-state index is 10.5. The third-order valence-electron chi connectivity index (χ3n) is 1.46. The molecule has 74 valence electrons. The molecule has 5 heteroatoms. The van der Waals surface area contributed by atoms with E-state index in [0.29, 0.717) is 0 Å². The van der Waals surface area contributed by atoms with Crippen LogP contribution in [0.5, 0.6) is 11.5 Å². The smallest absolute Gasteiger partial charge is 0.339 e. The summed E-state index contributed by atoms with van der Waals surface area (Å²) in [6.07, 6.45) is 0. The summed E-state index contributed by atoms with van der Waals surface area (Å²) in [6, 6.07) is 3.53. The molecule has 0 amide bonds. The minimum Gasteiger partial charge on any atom is -0.507 e. The van der Waals surface area contributed by atoms with Crippen LogP contribution in [0.1, 0.15) is 17.3 Å². The Bertz CT molecular complexity index is 383. The molecule has 0 fully saturated rings. The second-order valence-corrected chi connectivity index (χ2v) is 2.58. The molecular weight excluding hydrogens is 188 g/mol. The Labute approximate surface area is 79.6 Å². The Morgan fingerprint density at radius 2 is 2.00 bits per heavy atom. The lowest BCUT2D eigenvalue weighted by Crippen LogP contribution is -2.02. The number of rotatable bonds is 2. The van der Waals surface area contributed by atoms with Crippen molar-refractivity contribution in [2.75, 3.05) is 0 Å². The summed E-state index contributed by atoms with van der Waals surface area (Å²) in [5, 5.41) is 17.8. The normalized spacial score (nSPS) is 9.50. The van der Waals surface area contributed by atoms with Crippen molar-refractivity contribution in [1.29, 1.82) is 0 Å². The van der Waals surface area contributed by atoms with E-state index in [2.05, 4.69) is 4.74 Å². The second kappa shape index (κ2) is 3.78. The molecule has 1 aromatic carbocycles. The average molecular weight is 196 g/mol. The number of ether oxygens (including phenoxy) is 1. The molecule has 0 radical (unpaired) electrons. The van der Waals surface area contributed by atoms with Gasteiger partial charge in [0.15, 0.2) is 0 Å². The van der Waals surface area contributed by atoms with Gasteiger partial charge in [-0.1, -0.05) is 0 Å². The second-order valence-electron chi connectivity index (χ2n) is 2.58. The van der Waals surface area contributed by atoms with E-state index in [0.717, 1.165) is 12.1 Å². The number of carboxylic acids is 1. The fraction of sp³-hybridized carbons (Fsp3) is 0.111. The van der Waals surface area contributed by atoms with E-state index in [9.17, 15) is 14.7 Å². The quantitative estimate of drug-likeness (QED) is 0.544. The highest BCUT2D eigenvalue weighted by Crippen LogP contribution is 2.23. The molecule has 0 saturated carbocycles. The lowest BCUT2D eigenvalue weighted by molar-refractivity contribution is -0.131. The molecule has 1 aromatic rings. The molecule has 0 heterocycles. The zero-order valence-electron chi connectivity index (χ0n) is 7.35. The maximum absolute atomic E-state index is 10.5. The molecule has 5 nitrogen and oxygen atoms in total. The molecule has 0 aliphatic carbocycles. The Morgan fingerprint density at radius 3 is 2.43 bits per heavy atom. The van der Waals surface area contributed by atoms with Crippen LogP contribution in [0.15, 0.2) is 18.2 Å². The van der Waals surface area contributed by atoms with E-state index in [1.807, 2.05) is 0 Å². The van der Waals surface area contributed by atoms with Gasteiger partial charge in [0.05, 0.1) is 0 Å². The zero-order chi connectivity index (χ0) is 10.7. The molecule has 0 atom stereocenters. The molecule has 0 unspecified atom stereocenters. The Balaban J connectivity index is 3.00. The highest BCUT2D eigenvalue weighted by molar-refractivity contribution is 5.91. The zero-order valence-corrected chi connectivity index (χ0v) is 7.35. The molecule has 0 aliphatic rings. The van der Waals surface area contributed by atoms with Gasteiger partial charge in [0.25, 0.3) is 0 Å². The molecule has 0 saturated heterocycles. The number of benzene rings is 1. The van der Waals surface area contributed by atoms with Crippen molar-refractivity contribution in [2.24, 2.45) is 0 Å². The van der Waals surface area contributed by atoms with Crippen LogP contribution in [0.3, 0.4) is 0 Å². The number of carboxylic acid groups (broad SMARTS) is 1. The molecule has 0 bridgehead atoms. The van der Waals surface area contributed by atoms with Gasteiger partial charge in [0, 0.05) is 13.0 Å². The van der Waals surface area contributed by atoms with Crippen molar-refractivity contribution in [3.63, 3.8) is 0 Å². The molecular formula is C9H8O5. The number of esters is 1. The number of aromatic carboxylic acids is 1. The predicted octanol–water partition coefficient (Wildman–Crippen LogP) is 1.02. The Hall–Kier alpha value is -2.04. The summed E-state index contributed by atoms with van der Waals surface area (Å²) in [4.78, 5) is 21.0. The Kier molecular flexibility index (Phi) is 2.71. The van der Waals surface area contributed by atoms with Crippen LogP contribution < -0.4 is 4.74 Å². The van der Waals surface area contributed by atoms with Gasteiger partial charge in [0.1, 0.15) is 17.1 Å². The van der Waals surface area contributed by atoms with Crippen molar-refractivity contribution in [3.8, 4) is 11.5 Å². The molecule has 0 aliphatic heterocycles. The van der Waals surface area contributed by atoms with Crippen LogP contribution in [0, 0.1) is 0 Å². The summed E-state index contributed by atoms with van der Waals surface area (Å²) < 4.78 is 4.64. The first-order valence-electron chi connectivity index (χ1n) is 3.75. The van der Waals surface area contributed by atoms with Crippen LogP contribution in [0.2, 0.25) is 0 Å². The van der Waals surface area contributed by atoms with E-state index in [4.69, 9.17) is 5.11 Å². The minimum absolute atomic E-state index is 0.111. The predicted molar refractivity (Wildman–Crippen MR) is 46.4 cm³/mol. The molecule has 0 aromatic heterocycles. The van der Waals surface area contributed by atoms with E-state index in [-0.39, 0.29) is 11.3 Å². The Morgan fingerprint density at radius 1 is 1.36 bits per heavy atom. The van der Waals surface area contributed by atoms with Gasteiger partial charge in [-0.3, -0.25) is 4.79 Å². The number of carbonyl (C=O) groups excluding carboxylic acids is 1. The van der Waals surface area contributed by atoms with Crippen molar-refractivity contribution < 1.29 is 24.5 Å². The van der Waals surface area contributed by atoms with Gasteiger partial charge in [-0.05, 0) is 12.1 Å². The van der Waals surface area contributed by atoms with Gasteiger partial charge >= 0.3 is 11.9 Å². The fourth-order valence-electron chi connectivity index (χ4n) is 0.922. The first-order chi connectivity index (χ1) is 6.50. The summed E-state index contributed by atoms with van der Waals surface area (Å²) in [6.45, 7) is 1.21. The third kappa shape index (κ3) is 2.22. The highest BCUT2D eigenvalue weighted by atomic mass is 16.5. The van der Waals surface area contributed by atoms with E-state index in [1.165, 1.54) is 13.0 Å².